The normalized spacial score (nSPS) is 11.5. The van der Waals surface area contributed by atoms with E-state index in [0.29, 0.717) is 0 Å². The molecule has 0 saturated heterocycles. The number of sulfonamides is 1. The van der Waals surface area contributed by atoms with Gasteiger partial charge in [0, 0.05) is 18.7 Å². The number of hydrogen-bond donors (Lipinski definition) is 1. The van der Waals surface area contributed by atoms with Crippen molar-refractivity contribution in [3.8, 4) is 0 Å². The van der Waals surface area contributed by atoms with Crippen molar-refractivity contribution in [3.63, 3.8) is 0 Å². The number of benzene rings is 1. The lowest BCUT2D eigenvalue weighted by atomic mass is 10.2. The Kier molecular flexibility index (Phi) is 4.62. The summed E-state index contributed by atoms with van der Waals surface area (Å²) in [6, 6.07) is 3.31. The van der Waals surface area contributed by atoms with Gasteiger partial charge in [0.1, 0.15) is 4.90 Å². The third-order valence-electron chi connectivity index (χ3n) is 2.83. The van der Waals surface area contributed by atoms with E-state index in [1.54, 1.807) is 0 Å². The van der Waals surface area contributed by atoms with Crippen LogP contribution in [0.25, 0.3) is 0 Å². The molecule has 0 aliphatic heterocycles. The number of nitrogens with one attached hydrogen (secondary N) is 1. The second-order valence-electron chi connectivity index (χ2n) is 4.28. The maximum atomic E-state index is 12.2. The van der Waals surface area contributed by atoms with Crippen LogP contribution in [0.4, 0.5) is 5.69 Å². The highest BCUT2D eigenvalue weighted by molar-refractivity contribution is 7.89. The molecule has 0 fully saturated rings. The lowest BCUT2D eigenvalue weighted by Gasteiger charge is -2.08. The molecule has 0 spiro atoms. The molecule has 0 aliphatic carbocycles. The van der Waals surface area contributed by atoms with Gasteiger partial charge in [0.05, 0.1) is 9.95 Å². The molecule has 1 aromatic carbocycles. The first-order valence-electron chi connectivity index (χ1n) is 5.76. The van der Waals surface area contributed by atoms with Crippen LogP contribution in [0, 0.1) is 17.0 Å². The molecule has 2 rings (SSSR count). The standard InChI is InChI=1S/C12H11ClN2O4S2/c1-8-6-20-7-9(8)5-14-21(18,19)12-4-10(15(16)17)2-3-11(12)13/h2-4,6-7,14H,5H2,1H3. The molecule has 1 heterocycles. The second-order valence-corrected chi connectivity index (χ2v) is 7.16. The number of non-ortho nitro benzene ring substituents is 1. The molecule has 1 N–H and O–H groups in total. The highest BCUT2D eigenvalue weighted by Gasteiger charge is 2.21. The van der Waals surface area contributed by atoms with Crippen LogP contribution in [0.1, 0.15) is 11.1 Å². The van der Waals surface area contributed by atoms with Crippen molar-refractivity contribution < 1.29 is 13.3 Å². The Balaban J connectivity index is 2.29. The lowest BCUT2D eigenvalue weighted by Crippen LogP contribution is -2.23. The van der Waals surface area contributed by atoms with Gasteiger partial charge < -0.3 is 0 Å². The monoisotopic (exact) mass is 346 g/mol. The molecule has 0 atom stereocenters. The Labute approximate surface area is 130 Å². The first-order chi connectivity index (χ1) is 9.81. The van der Waals surface area contributed by atoms with Gasteiger partial charge >= 0.3 is 0 Å². The molecule has 21 heavy (non-hydrogen) atoms. The molecular weight excluding hydrogens is 336 g/mol. The van der Waals surface area contributed by atoms with Crippen molar-refractivity contribution in [2.75, 3.05) is 0 Å². The Bertz CT molecular complexity index is 786. The van der Waals surface area contributed by atoms with Crippen LogP contribution in [-0.2, 0) is 16.6 Å². The lowest BCUT2D eigenvalue weighted by molar-refractivity contribution is -0.385. The van der Waals surface area contributed by atoms with Gasteiger partial charge in [-0.3, -0.25) is 10.1 Å². The zero-order valence-corrected chi connectivity index (χ0v) is 13.3. The molecule has 0 aliphatic rings. The van der Waals surface area contributed by atoms with Crippen molar-refractivity contribution in [2.24, 2.45) is 0 Å². The molecule has 2 aromatic rings. The number of aryl methyl sites for hydroxylation is 1. The second kappa shape index (κ2) is 6.10. The van der Waals surface area contributed by atoms with E-state index in [2.05, 4.69) is 4.72 Å². The molecule has 112 valence electrons. The Morgan fingerprint density at radius 2 is 2.10 bits per heavy atom. The average Bonchev–Trinajstić information content (AvgIpc) is 2.82. The van der Waals surface area contributed by atoms with Crippen LogP contribution >= 0.6 is 22.9 Å². The van der Waals surface area contributed by atoms with Crippen molar-refractivity contribution >= 4 is 38.6 Å². The van der Waals surface area contributed by atoms with Gasteiger partial charge in [0.15, 0.2) is 0 Å². The molecule has 6 nitrogen and oxygen atoms in total. The number of nitro benzene ring substituents is 1. The van der Waals surface area contributed by atoms with Gasteiger partial charge in [0.25, 0.3) is 5.69 Å². The number of hydrogen-bond acceptors (Lipinski definition) is 5. The fourth-order valence-corrected chi connectivity index (χ4v) is 4.01. The van der Waals surface area contributed by atoms with Crippen molar-refractivity contribution in [3.05, 3.63) is 55.2 Å². The minimum atomic E-state index is -3.92. The molecule has 0 unspecified atom stereocenters. The summed E-state index contributed by atoms with van der Waals surface area (Å²) in [5.74, 6) is 0. The molecular formula is C12H11ClN2O4S2. The van der Waals surface area contributed by atoms with Gasteiger partial charge in [-0.2, -0.15) is 11.3 Å². The fraction of sp³-hybridized carbons (Fsp3) is 0.167. The summed E-state index contributed by atoms with van der Waals surface area (Å²) in [5, 5.41) is 14.4. The van der Waals surface area contributed by atoms with Crippen molar-refractivity contribution in [1.29, 1.82) is 0 Å². The number of nitrogens with zero attached hydrogens (tertiary/aromatic N) is 1. The van der Waals surface area contributed by atoms with Crippen LogP contribution in [-0.4, -0.2) is 13.3 Å². The predicted octanol–water partition coefficient (Wildman–Crippen LogP) is 3.10. The van der Waals surface area contributed by atoms with E-state index in [9.17, 15) is 18.5 Å². The fourth-order valence-electron chi connectivity index (χ4n) is 1.63. The van der Waals surface area contributed by atoms with Gasteiger partial charge in [-0.25, -0.2) is 13.1 Å². The maximum Gasteiger partial charge on any atom is 0.270 e. The Morgan fingerprint density at radius 1 is 1.38 bits per heavy atom. The Morgan fingerprint density at radius 3 is 2.67 bits per heavy atom. The number of thiophene rings is 1. The van der Waals surface area contributed by atoms with Gasteiger partial charge in [-0.1, -0.05) is 11.6 Å². The van der Waals surface area contributed by atoms with E-state index in [0.717, 1.165) is 23.3 Å². The summed E-state index contributed by atoms with van der Waals surface area (Å²) in [7, 11) is -3.92. The Hall–Kier alpha value is -1.48. The summed E-state index contributed by atoms with van der Waals surface area (Å²) < 4.78 is 26.8. The van der Waals surface area contributed by atoms with E-state index in [1.165, 1.54) is 17.4 Å². The van der Waals surface area contributed by atoms with Gasteiger partial charge in [-0.15, -0.1) is 0 Å². The first kappa shape index (κ1) is 15.9. The van der Waals surface area contributed by atoms with E-state index in [-0.39, 0.29) is 22.2 Å². The smallest absolute Gasteiger partial charge is 0.258 e. The summed E-state index contributed by atoms with van der Waals surface area (Å²) in [4.78, 5) is 9.76. The molecule has 1 aromatic heterocycles. The quantitative estimate of drug-likeness (QED) is 0.665. The maximum absolute atomic E-state index is 12.2. The van der Waals surface area contributed by atoms with Gasteiger partial charge in [0.2, 0.25) is 10.0 Å². The molecule has 0 amide bonds. The largest absolute Gasteiger partial charge is 0.270 e. The highest BCUT2D eigenvalue weighted by Crippen LogP contribution is 2.26. The number of halogens is 1. The van der Waals surface area contributed by atoms with Gasteiger partial charge in [-0.05, 0) is 34.9 Å². The summed E-state index contributed by atoms with van der Waals surface area (Å²) in [6.45, 7) is 1.98. The zero-order valence-electron chi connectivity index (χ0n) is 10.9. The first-order valence-corrected chi connectivity index (χ1v) is 8.57. The minimum absolute atomic E-state index is 0.0601. The summed E-state index contributed by atoms with van der Waals surface area (Å²) in [5.41, 5.74) is 1.50. The molecule has 0 radical (unpaired) electrons. The summed E-state index contributed by atoms with van der Waals surface area (Å²) >= 11 is 7.31. The average molecular weight is 347 g/mol. The molecule has 0 saturated carbocycles. The van der Waals surface area contributed by atoms with Crippen LogP contribution < -0.4 is 4.72 Å². The highest BCUT2D eigenvalue weighted by atomic mass is 35.5. The third kappa shape index (κ3) is 3.59. The number of rotatable bonds is 5. The van der Waals surface area contributed by atoms with Crippen molar-refractivity contribution in [1.82, 2.24) is 4.72 Å². The molecule has 9 heteroatoms. The topological polar surface area (TPSA) is 89.3 Å². The zero-order chi connectivity index (χ0) is 15.6. The van der Waals surface area contributed by atoms with Crippen LogP contribution in [0.3, 0.4) is 0 Å². The van der Waals surface area contributed by atoms with E-state index < -0.39 is 14.9 Å². The van der Waals surface area contributed by atoms with Crippen LogP contribution in [0.5, 0.6) is 0 Å². The minimum Gasteiger partial charge on any atom is -0.258 e. The summed E-state index contributed by atoms with van der Waals surface area (Å²) in [6.07, 6.45) is 0. The third-order valence-corrected chi connectivity index (χ3v) is 5.62. The van der Waals surface area contributed by atoms with E-state index in [4.69, 9.17) is 11.6 Å². The van der Waals surface area contributed by atoms with Crippen molar-refractivity contribution in [2.45, 2.75) is 18.4 Å². The van der Waals surface area contributed by atoms with E-state index in [1.807, 2.05) is 17.7 Å². The number of nitro groups is 1. The van der Waals surface area contributed by atoms with Crippen LogP contribution in [0.2, 0.25) is 5.02 Å². The van der Waals surface area contributed by atoms with E-state index >= 15 is 0 Å². The molecule has 0 bridgehead atoms. The predicted molar refractivity (Wildman–Crippen MR) is 81.2 cm³/mol. The van der Waals surface area contributed by atoms with Crippen LogP contribution in [0.15, 0.2) is 33.9 Å². The SMILES string of the molecule is Cc1cscc1CNS(=O)(=O)c1cc([N+](=O)[O-])ccc1Cl.